The predicted molar refractivity (Wildman–Crippen MR) is 76.7 cm³/mol. The fourth-order valence-electron chi connectivity index (χ4n) is 1.74. The van der Waals surface area contributed by atoms with Gasteiger partial charge in [-0.15, -0.1) is 11.3 Å². The average molecular weight is 293 g/mol. The summed E-state index contributed by atoms with van der Waals surface area (Å²) in [6.07, 6.45) is 0. The molecule has 1 aromatic heterocycles. The molecule has 0 saturated carbocycles. The molecular formula is C14H9ClO3S. The quantitative estimate of drug-likeness (QED) is 0.670. The minimum Gasteiger partial charge on any atom is -0.504 e. The van der Waals surface area contributed by atoms with Gasteiger partial charge in [-0.05, 0) is 30.3 Å². The molecule has 19 heavy (non-hydrogen) atoms. The van der Waals surface area contributed by atoms with Gasteiger partial charge in [-0.1, -0.05) is 11.6 Å². The lowest BCUT2D eigenvalue weighted by molar-refractivity contribution is 0.404. The molecule has 5 heteroatoms. The monoisotopic (exact) mass is 292 g/mol. The number of benzene rings is 2. The second kappa shape index (κ2) is 4.64. The van der Waals surface area contributed by atoms with Crippen LogP contribution >= 0.6 is 22.9 Å². The summed E-state index contributed by atoms with van der Waals surface area (Å²) >= 11 is 7.25. The Balaban J connectivity index is 2.01. The molecule has 0 unspecified atom stereocenters. The summed E-state index contributed by atoms with van der Waals surface area (Å²) in [5, 5.41) is 22.2. The van der Waals surface area contributed by atoms with Gasteiger partial charge in [-0.25, -0.2) is 0 Å². The number of rotatable bonds is 2. The molecule has 0 amide bonds. The summed E-state index contributed by atoms with van der Waals surface area (Å²) in [5.41, 5.74) is 0. The molecule has 0 aliphatic carbocycles. The van der Waals surface area contributed by atoms with Gasteiger partial charge in [-0.3, -0.25) is 0 Å². The van der Waals surface area contributed by atoms with E-state index in [1.54, 1.807) is 24.3 Å². The summed E-state index contributed by atoms with van der Waals surface area (Å²) < 4.78 is 6.59. The van der Waals surface area contributed by atoms with Crippen LogP contribution in [0.2, 0.25) is 5.02 Å². The average Bonchev–Trinajstić information content (AvgIpc) is 2.76. The molecule has 2 aromatic carbocycles. The lowest BCUT2D eigenvalue weighted by Crippen LogP contribution is -1.82. The maximum absolute atomic E-state index is 9.54. The number of phenolic OH excluding ortho intramolecular Hbond substituents is 2. The molecule has 0 radical (unpaired) electrons. The lowest BCUT2D eigenvalue weighted by atomic mass is 10.2. The fraction of sp³-hybridized carbons (Fsp3) is 0. The molecule has 3 rings (SSSR count). The van der Waals surface area contributed by atoms with Crippen molar-refractivity contribution in [3.05, 3.63) is 46.8 Å². The Morgan fingerprint density at radius 2 is 1.68 bits per heavy atom. The van der Waals surface area contributed by atoms with Crippen molar-refractivity contribution in [2.24, 2.45) is 0 Å². The van der Waals surface area contributed by atoms with Crippen molar-refractivity contribution in [3.8, 4) is 23.0 Å². The molecule has 0 bridgehead atoms. The number of ether oxygens (including phenoxy) is 1. The summed E-state index contributed by atoms with van der Waals surface area (Å²) in [4.78, 5) is 0. The van der Waals surface area contributed by atoms with E-state index in [9.17, 15) is 10.2 Å². The highest BCUT2D eigenvalue weighted by molar-refractivity contribution is 7.17. The van der Waals surface area contributed by atoms with E-state index in [1.807, 2.05) is 5.38 Å². The Bertz CT molecular complexity index is 734. The summed E-state index contributed by atoms with van der Waals surface area (Å²) in [7, 11) is 0. The van der Waals surface area contributed by atoms with Crippen LogP contribution in [0.15, 0.2) is 41.8 Å². The summed E-state index contributed by atoms with van der Waals surface area (Å²) in [6, 6.07) is 10.0. The van der Waals surface area contributed by atoms with E-state index < -0.39 is 0 Å². The first-order chi connectivity index (χ1) is 9.13. The molecule has 0 saturated heterocycles. The number of thiophene rings is 1. The summed E-state index contributed by atoms with van der Waals surface area (Å²) in [5.74, 6) is 1.01. The van der Waals surface area contributed by atoms with Gasteiger partial charge in [0.05, 0.1) is 0 Å². The van der Waals surface area contributed by atoms with Gasteiger partial charge < -0.3 is 14.9 Å². The van der Waals surface area contributed by atoms with Gasteiger partial charge in [0.1, 0.15) is 11.5 Å². The van der Waals surface area contributed by atoms with Crippen molar-refractivity contribution in [1.29, 1.82) is 0 Å². The predicted octanol–water partition coefficient (Wildman–Crippen LogP) is 4.76. The molecule has 0 spiro atoms. The maximum atomic E-state index is 9.54. The van der Waals surface area contributed by atoms with Crippen molar-refractivity contribution < 1.29 is 14.9 Å². The molecule has 0 fully saturated rings. The van der Waals surface area contributed by atoms with Crippen LogP contribution in [0.5, 0.6) is 23.0 Å². The minimum atomic E-state index is -0.160. The number of hydrogen-bond acceptors (Lipinski definition) is 4. The number of halogens is 1. The van der Waals surface area contributed by atoms with E-state index >= 15 is 0 Å². The Morgan fingerprint density at radius 3 is 2.42 bits per heavy atom. The van der Waals surface area contributed by atoms with Crippen molar-refractivity contribution in [2.45, 2.75) is 0 Å². The van der Waals surface area contributed by atoms with Crippen molar-refractivity contribution >= 4 is 33.0 Å². The second-order valence-electron chi connectivity index (χ2n) is 3.99. The van der Waals surface area contributed by atoms with Crippen LogP contribution in [0.1, 0.15) is 0 Å². The molecular weight excluding hydrogens is 284 g/mol. The van der Waals surface area contributed by atoms with Gasteiger partial charge in [-0.2, -0.15) is 0 Å². The molecule has 1 heterocycles. The Hall–Kier alpha value is -1.91. The number of hydrogen-bond donors (Lipinski definition) is 2. The highest BCUT2D eigenvalue weighted by Gasteiger charge is 2.10. The van der Waals surface area contributed by atoms with Crippen LogP contribution in [0.25, 0.3) is 10.1 Å². The Labute approximate surface area is 118 Å². The third-order valence-electron chi connectivity index (χ3n) is 2.68. The van der Waals surface area contributed by atoms with Crippen LogP contribution < -0.4 is 4.74 Å². The van der Waals surface area contributed by atoms with E-state index in [4.69, 9.17) is 16.3 Å². The molecule has 0 aliphatic rings. The van der Waals surface area contributed by atoms with E-state index in [-0.39, 0.29) is 11.5 Å². The molecule has 3 nitrogen and oxygen atoms in total. The topological polar surface area (TPSA) is 49.7 Å². The van der Waals surface area contributed by atoms with Gasteiger partial charge in [0, 0.05) is 26.6 Å². The van der Waals surface area contributed by atoms with Crippen LogP contribution in [0, 0.1) is 0 Å². The zero-order valence-corrected chi connectivity index (χ0v) is 11.2. The van der Waals surface area contributed by atoms with Gasteiger partial charge in [0.2, 0.25) is 0 Å². The normalized spacial score (nSPS) is 10.8. The van der Waals surface area contributed by atoms with Gasteiger partial charge in [0.15, 0.2) is 11.5 Å². The fourth-order valence-corrected chi connectivity index (χ4v) is 2.74. The van der Waals surface area contributed by atoms with Gasteiger partial charge >= 0.3 is 0 Å². The zero-order valence-electron chi connectivity index (χ0n) is 9.63. The first-order valence-electron chi connectivity index (χ1n) is 5.50. The first kappa shape index (κ1) is 12.1. The highest BCUT2D eigenvalue weighted by Crippen LogP contribution is 2.40. The molecule has 3 aromatic rings. The lowest BCUT2D eigenvalue weighted by Gasteiger charge is -2.05. The van der Waals surface area contributed by atoms with Crippen LogP contribution in [0.4, 0.5) is 0 Å². The molecule has 0 aliphatic heterocycles. The van der Waals surface area contributed by atoms with E-state index in [1.165, 1.54) is 23.5 Å². The highest BCUT2D eigenvalue weighted by atomic mass is 35.5. The minimum absolute atomic E-state index is 0.132. The van der Waals surface area contributed by atoms with E-state index in [0.717, 1.165) is 10.1 Å². The van der Waals surface area contributed by atoms with Crippen LogP contribution in [-0.4, -0.2) is 10.2 Å². The molecule has 2 N–H and O–H groups in total. The molecule has 96 valence electrons. The van der Waals surface area contributed by atoms with Gasteiger partial charge in [0.25, 0.3) is 0 Å². The second-order valence-corrected chi connectivity index (χ2v) is 5.34. The van der Waals surface area contributed by atoms with E-state index in [0.29, 0.717) is 16.5 Å². The first-order valence-corrected chi connectivity index (χ1v) is 6.76. The standard InChI is InChI=1S/C14H9ClO3S/c15-8-1-3-9(4-2-8)18-13-7-19-14-6-12(17)11(16)5-10(13)14/h1-7,16-17H. The maximum Gasteiger partial charge on any atom is 0.158 e. The van der Waals surface area contributed by atoms with Crippen molar-refractivity contribution in [3.63, 3.8) is 0 Å². The SMILES string of the molecule is Oc1cc2scc(Oc3ccc(Cl)cc3)c2cc1O. The Morgan fingerprint density at radius 1 is 1.00 bits per heavy atom. The third kappa shape index (κ3) is 2.32. The number of aromatic hydroxyl groups is 2. The van der Waals surface area contributed by atoms with Crippen molar-refractivity contribution in [2.75, 3.05) is 0 Å². The van der Waals surface area contributed by atoms with Crippen LogP contribution in [0.3, 0.4) is 0 Å². The third-order valence-corrected chi connectivity index (χ3v) is 3.85. The Kier molecular flexibility index (Phi) is 2.97. The number of fused-ring (bicyclic) bond motifs is 1. The number of phenols is 2. The van der Waals surface area contributed by atoms with E-state index in [2.05, 4.69) is 0 Å². The molecule has 0 atom stereocenters. The summed E-state index contributed by atoms with van der Waals surface area (Å²) in [6.45, 7) is 0. The van der Waals surface area contributed by atoms with Crippen LogP contribution in [-0.2, 0) is 0 Å². The zero-order chi connectivity index (χ0) is 13.4. The van der Waals surface area contributed by atoms with Crippen molar-refractivity contribution in [1.82, 2.24) is 0 Å². The smallest absolute Gasteiger partial charge is 0.158 e. The largest absolute Gasteiger partial charge is 0.504 e.